The summed E-state index contributed by atoms with van der Waals surface area (Å²) in [7, 11) is 0. The summed E-state index contributed by atoms with van der Waals surface area (Å²) in [6.45, 7) is 4.81. The molecule has 1 unspecified atom stereocenters. The smallest absolute Gasteiger partial charge is 0.407 e. The van der Waals surface area contributed by atoms with Gasteiger partial charge in [-0.25, -0.2) is 13.6 Å². The summed E-state index contributed by atoms with van der Waals surface area (Å²) in [6, 6.07) is 3.42. The third-order valence-electron chi connectivity index (χ3n) is 4.29. The van der Waals surface area contributed by atoms with E-state index in [1.54, 1.807) is 20.8 Å². The van der Waals surface area contributed by atoms with Gasteiger partial charge in [0.1, 0.15) is 17.2 Å². The van der Waals surface area contributed by atoms with Crippen LogP contribution in [0.5, 0.6) is 0 Å². The maximum atomic E-state index is 14.0. The van der Waals surface area contributed by atoms with Gasteiger partial charge in [0, 0.05) is 12.1 Å². The summed E-state index contributed by atoms with van der Waals surface area (Å²) < 4.78 is 33.1. The first-order valence-corrected chi connectivity index (χ1v) is 8.18. The van der Waals surface area contributed by atoms with Crippen molar-refractivity contribution in [2.24, 2.45) is 11.3 Å². The van der Waals surface area contributed by atoms with Gasteiger partial charge in [0.2, 0.25) is 0 Å². The standard InChI is InChI=1S/C18H23F2NO4/c1-17(2,3)25-16(24)21-10-18(15(22)23,11-7-8-11)9-12-13(19)5-4-6-14(12)20/h4-6,11H,7-10H2,1-3H3,(H,21,24)(H,22,23). The average molecular weight is 355 g/mol. The summed E-state index contributed by atoms with van der Waals surface area (Å²) in [5.41, 5.74) is -2.48. The van der Waals surface area contributed by atoms with E-state index in [0.717, 1.165) is 12.1 Å². The van der Waals surface area contributed by atoms with E-state index in [9.17, 15) is 23.5 Å². The number of benzene rings is 1. The van der Waals surface area contributed by atoms with E-state index in [1.165, 1.54) is 6.07 Å². The Bertz CT molecular complexity index is 647. The predicted octanol–water partition coefficient (Wildman–Crippen LogP) is 3.51. The molecule has 1 saturated carbocycles. The molecule has 0 saturated heterocycles. The fourth-order valence-corrected chi connectivity index (χ4v) is 2.87. The van der Waals surface area contributed by atoms with Gasteiger partial charge < -0.3 is 15.2 Å². The van der Waals surface area contributed by atoms with Gasteiger partial charge in [0.05, 0.1) is 5.41 Å². The van der Waals surface area contributed by atoms with Crippen molar-refractivity contribution in [2.75, 3.05) is 6.54 Å². The molecule has 0 radical (unpaired) electrons. The lowest BCUT2D eigenvalue weighted by atomic mass is 9.76. The first kappa shape index (κ1) is 19.1. The normalized spacial score (nSPS) is 16.8. The lowest BCUT2D eigenvalue weighted by Crippen LogP contribution is -2.47. The summed E-state index contributed by atoms with van der Waals surface area (Å²) in [5, 5.41) is 12.2. The van der Waals surface area contributed by atoms with Crippen molar-refractivity contribution in [3.63, 3.8) is 0 Å². The minimum Gasteiger partial charge on any atom is -0.481 e. The summed E-state index contributed by atoms with van der Waals surface area (Å²) in [4.78, 5) is 23.9. The van der Waals surface area contributed by atoms with Crippen LogP contribution in [0, 0.1) is 23.0 Å². The fraction of sp³-hybridized carbons (Fsp3) is 0.556. The topological polar surface area (TPSA) is 75.6 Å². The van der Waals surface area contributed by atoms with Crippen molar-refractivity contribution in [3.05, 3.63) is 35.4 Å². The molecule has 1 aliphatic rings. The number of carbonyl (C=O) groups excluding carboxylic acids is 1. The lowest BCUT2D eigenvalue weighted by Gasteiger charge is -2.31. The molecule has 0 spiro atoms. The number of aliphatic carboxylic acids is 1. The Morgan fingerprint density at radius 3 is 2.24 bits per heavy atom. The van der Waals surface area contributed by atoms with Crippen LogP contribution < -0.4 is 5.32 Å². The highest BCUT2D eigenvalue weighted by atomic mass is 19.1. The molecule has 0 aliphatic heterocycles. The third kappa shape index (κ3) is 4.67. The van der Waals surface area contributed by atoms with Crippen LogP contribution in [-0.2, 0) is 16.0 Å². The van der Waals surface area contributed by atoms with E-state index in [1.807, 2.05) is 0 Å². The number of rotatable bonds is 6. The molecule has 7 heteroatoms. The average Bonchev–Trinajstić information content (AvgIpc) is 3.29. The molecule has 1 atom stereocenters. The van der Waals surface area contributed by atoms with Gasteiger partial charge in [-0.05, 0) is 58.1 Å². The SMILES string of the molecule is CC(C)(C)OC(=O)NCC(Cc1c(F)cccc1F)(C(=O)O)C1CC1. The van der Waals surface area contributed by atoms with Crippen LogP contribution in [0.4, 0.5) is 13.6 Å². The van der Waals surface area contributed by atoms with Gasteiger partial charge in [-0.3, -0.25) is 4.79 Å². The van der Waals surface area contributed by atoms with Crippen LogP contribution in [0.15, 0.2) is 18.2 Å². The summed E-state index contributed by atoms with van der Waals surface area (Å²) in [6.07, 6.45) is 0.186. The molecule has 138 valence electrons. The molecule has 2 rings (SSSR count). The monoisotopic (exact) mass is 355 g/mol. The molecule has 2 N–H and O–H groups in total. The molecule has 25 heavy (non-hydrogen) atoms. The second-order valence-corrected chi connectivity index (χ2v) is 7.47. The molecule has 1 fully saturated rings. The van der Waals surface area contributed by atoms with Crippen molar-refractivity contribution in [3.8, 4) is 0 Å². The van der Waals surface area contributed by atoms with Gasteiger partial charge in [0.15, 0.2) is 0 Å². The third-order valence-corrected chi connectivity index (χ3v) is 4.29. The predicted molar refractivity (Wildman–Crippen MR) is 87.1 cm³/mol. The van der Waals surface area contributed by atoms with E-state index in [0.29, 0.717) is 12.8 Å². The van der Waals surface area contributed by atoms with Gasteiger partial charge in [-0.2, -0.15) is 0 Å². The number of ether oxygens (including phenoxy) is 1. The van der Waals surface area contributed by atoms with Gasteiger partial charge in [-0.15, -0.1) is 0 Å². The quantitative estimate of drug-likeness (QED) is 0.819. The molecule has 0 bridgehead atoms. The highest BCUT2D eigenvalue weighted by Crippen LogP contribution is 2.48. The van der Waals surface area contributed by atoms with Crippen molar-refractivity contribution < 1.29 is 28.2 Å². The van der Waals surface area contributed by atoms with Crippen molar-refractivity contribution in [2.45, 2.75) is 45.6 Å². The molecular formula is C18H23F2NO4. The number of hydrogen-bond acceptors (Lipinski definition) is 3. The molecule has 1 amide bonds. The zero-order chi connectivity index (χ0) is 18.8. The zero-order valence-electron chi connectivity index (χ0n) is 14.6. The number of hydrogen-bond donors (Lipinski definition) is 2. The number of alkyl carbamates (subject to hydrolysis) is 1. The first-order chi connectivity index (χ1) is 11.5. The Hall–Kier alpha value is -2.18. The van der Waals surface area contributed by atoms with Gasteiger partial charge in [-0.1, -0.05) is 6.07 Å². The van der Waals surface area contributed by atoms with E-state index >= 15 is 0 Å². The molecule has 1 aromatic rings. The largest absolute Gasteiger partial charge is 0.481 e. The van der Waals surface area contributed by atoms with Crippen LogP contribution in [0.1, 0.15) is 39.2 Å². The maximum Gasteiger partial charge on any atom is 0.407 e. The van der Waals surface area contributed by atoms with E-state index in [-0.39, 0.29) is 24.4 Å². The molecule has 0 aromatic heterocycles. The molecule has 1 aliphatic carbocycles. The van der Waals surface area contributed by atoms with Crippen LogP contribution in [0.2, 0.25) is 0 Å². The van der Waals surface area contributed by atoms with Gasteiger partial charge >= 0.3 is 12.1 Å². The minimum absolute atomic E-state index is 0.251. The minimum atomic E-state index is -1.47. The lowest BCUT2D eigenvalue weighted by molar-refractivity contribution is -0.150. The summed E-state index contributed by atoms with van der Waals surface area (Å²) >= 11 is 0. The highest BCUT2D eigenvalue weighted by molar-refractivity contribution is 5.78. The second kappa shape index (κ2) is 6.98. The fourth-order valence-electron chi connectivity index (χ4n) is 2.87. The van der Waals surface area contributed by atoms with E-state index in [2.05, 4.69) is 5.32 Å². The number of nitrogens with one attached hydrogen (secondary N) is 1. The number of amides is 1. The number of carboxylic acid groups (broad SMARTS) is 1. The molecule has 0 heterocycles. The van der Waals surface area contributed by atoms with Crippen LogP contribution in [0.25, 0.3) is 0 Å². The molecular weight excluding hydrogens is 332 g/mol. The van der Waals surface area contributed by atoms with Crippen LogP contribution in [0.3, 0.4) is 0 Å². The maximum absolute atomic E-state index is 14.0. The number of carbonyl (C=O) groups is 2. The Morgan fingerprint density at radius 1 is 1.24 bits per heavy atom. The Balaban J connectivity index is 2.23. The zero-order valence-corrected chi connectivity index (χ0v) is 14.6. The molecule has 1 aromatic carbocycles. The first-order valence-electron chi connectivity index (χ1n) is 8.18. The Morgan fingerprint density at radius 2 is 1.80 bits per heavy atom. The van der Waals surface area contributed by atoms with Crippen molar-refractivity contribution in [1.29, 1.82) is 0 Å². The van der Waals surface area contributed by atoms with Crippen LogP contribution >= 0.6 is 0 Å². The Kier molecular flexibility index (Phi) is 5.34. The number of carboxylic acids is 1. The summed E-state index contributed by atoms with van der Waals surface area (Å²) in [5.74, 6) is -3.01. The Labute approximate surface area is 145 Å². The number of halogens is 2. The van der Waals surface area contributed by atoms with E-state index in [4.69, 9.17) is 4.74 Å². The van der Waals surface area contributed by atoms with Crippen molar-refractivity contribution in [1.82, 2.24) is 5.32 Å². The highest BCUT2D eigenvalue weighted by Gasteiger charge is 2.52. The van der Waals surface area contributed by atoms with Crippen molar-refractivity contribution >= 4 is 12.1 Å². The molecule has 5 nitrogen and oxygen atoms in total. The van der Waals surface area contributed by atoms with Gasteiger partial charge in [0.25, 0.3) is 0 Å². The van der Waals surface area contributed by atoms with Crippen LogP contribution in [-0.4, -0.2) is 29.3 Å². The van der Waals surface area contributed by atoms with E-state index < -0.39 is 34.7 Å². The second-order valence-electron chi connectivity index (χ2n) is 7.47.